The summed E-state index contributed by atoms with van der Waals surface area (Å²) in [7, 11) is 0. The zero-order valence-corrected chi connectivity index (χ0v) is 26.0. The maximum Gasteiger partial charge on any atom is -0.00754 e. The molecule has 0 heteroatoms. The van der Waals surface area contributed by atoms with Gasteiger partial charge in [0.2, 0.25) is 0 Å². The van der Waals surface area contributed by atoms with Gasteiger partial charge in [-0.1, -0.05) is 147 Å². The Kier molecular flexibility index (Phi) is 9.14. The number of hydrogen-bond acceptors (Lipinski definition) is 0. The molecule has 1 aliphatic rings. The summed E-state index contributed by atoms with van der Waals surface area (Å²) in [6.45, 7) is 8.15. The second-order valence-electron chi connectivity index (χ2n) is 11.5. The summed E-state index contributed by atoms with van der Waals surface area (Å²) >= 11 is 0. The maximum atomic E-state index is 3.85. The first kappa shape index (κ1) is 29.6. The molecular formula is C45H38. The Labute approximate surface area is 268 Å². The Bertz CT molecular complexity index is 1960. The van der Waals surface area contributed by atoms with Crippen LogP contribution in [-0.4, -0.2) is 0 Å². The van der Waals surface area contributed by atoms with Crippen molar-refractivity contribution in [1.82, 2.24) is 0 Å². The minimum atomic E-state index is 0.409. The highest BCUT2D eigenvalue weighted by Crippen LogP contribution is 2.37. The van der Waals surface area contributed by atoms with E-state index in [1.807, 2.05) is 12.2 Å². The Hall–Kier alpha value is -5.46. The topological polar surface area (TPSA) is 0 Å². The van der Waals surface area contributed by atoms with Gasteiger partial charge in [0.1, 0.15) is 0 Å². The highest BCUT2D eigenvalue weighted by molar-refractivity contribution is 5.88. The molecule has 0 saturated carbocycles. The second-order valence-corrected chi connectivity index (χ2v) is 11.5. The highest BCUT2D eigenvalue weighted by atomic mass is 14.2. The number of benzene rings is 5. The molecule has 0 fully saturated rings. The summed E-state index contributed by atoms with van der Waals surface area (Å²) in [4.78, 5) is 0. The third-order valence-corrected chi connectivity index (χ3v) is 8.27. The van der Waals surface area contributed by atoms with Crippen LogP contribution in [0.1, 0.15) is 25.0 Å². The van der Waals surface area contributed by atoms with Crippen molar-refractivity contribution in [3.05, 3.63) is 194 Å². The third kappa shape index (κ3) is 7.03. The zero-order chi connectivity index (χ0) is 31.0. The van der Waals surface area contributed by atoms with Crippen LogP contribution in [0.25, 0.3) is 55.7 Å². The fourth-order valence-corrected chi connectivity index (χ4v) is 5.83. The van der Waals surface area contributed by atoms with E-state index in [9.17, 15) is 0 Å². The van der Waals surface area contributed by atoms with Crippen LogP contribution in [0.5, 0.6) is 0 Å². The molecule has 0 radical (unpaired) electrons. The molecule has 0 saturated heterocycles. The molecule has 6 rings (SSSR count). The summed E-state index contributed by atoms with van der Waals surface area (Å²) in [5.74, 6) is 0.409. The lowest BCUT2D eigenvalue weighted by Gasteiger charge is -2.15. The fourth-order valence-electron chi connectivity index (χ4n) is 5.83. The van der Waals surface area contributed by atoms with Gasteiger partial charge in [0.05, 0.1) is 0 Å². The van der Waals surface area contributed by atoms with Gasteiger partial charge in [0, 0.05) is 0 Å². The molecule has 218 valence electrons. The van der Waals surface area contributed by atoms with Crippen molar-refractivity contribution in [3.63, 3.8) is 0 Å². The van der Waals surface area contributed by atoms with Crippen LogP contribution in [0, 0.1) is 5.92 Å². The summed E-state index contributed by atoms with van der Waals surface area (Å²) in [5.41, 5.74) is 14.4. The molecule has 5 aromatic rings. The number of allylic oxidation sites excluding steroid dienone is 11. The van der Waals surface area contributed by atoms with Crippen molar-refractivity contribution in [2.75, 3.05) is 0 Å². The first-order chi connectivity index (χ1) is 22.1. The predicted octanol–water partition coefficient (Wildman–Crippen LogP) is 12.6. The molecular weight excluding hydrogens is 540 g/mol. The Morgan fingerprint density at radius 1 is 0.578 bits per heavy atom. The lowest BCUT2D eigenvalue weighted by molar-refractivity contribution is 0.943. The van der Waals surface area contributed by atoms with E-state index in [1.165, 1.54) is 66.8 Å². The molecule has 0 N–H and O–H groups in total. The molecule has 0 amide bonds. The Morgan fingerprint density at radius 3 is 1.69 bits per heavy atom. The van der Waals surface area contributed by atoms with Gasteiger partial charge in [-0.25, -0.2) is 0 Å². The summed E-state index contributed by atoms with van der Waals surface area (Å²) in [6.07, 6.45) is 19.2. The fraction of sp³-hybridized carbons (Fsp3) is 0.0667. The molecule has 0 bridgehead atoms. The Morgan fingerprint density at radius 2 is 1.11 bits per heavy atom. The van der Waals surface area contributed by atoms with E-state index in [-0.39, 0.29) is 0 Å². The first-order valence-corrected chi connectivity index (χ1v) is 15.7. The highest BCUT2D eigenvalue weighted by Gasteiger charge is 2.13. The van der Waals surface area contributed by atoms with Crippen molar-refractivity contribution < 1.29 is 0 Å². The van der Waals surface area contributed by atoms with Gasteiger partial charge in [-0.2, -0.15) is 0 Å². The summed E-state index contributed by atoms with van der Waals surface area (Å²) in [6, 6.07) is 44.2. The van der Waals surface area contributed by atoms with E-state index in [0.29, 0.717) is 5.92 Å². The van der Waals surface area contributed by atoms with Gasteiger partial charge in [-0.15, -0.1) is 0 Å². The van der Waals surface area contributed by atoms with Crippen LogP contribution in [0.4, 0.5) is 0 Å². The average molecular weight is 579 g/mol. The van der Waals surface area contributed by atoms with Crippen molar-refractivity contribution in [3.8, 4) is 44.5 Å². The van der Waals surface area contributed by atoms with Crippen molar-refractivity contribution in [2.45, 2.75) is 13.8 Å². The van der Waals surface area contributed by atoms with E-state index in [0.717, 1.165) is 0 Å². The molecule has 5 aromatic carbocycles. The molecule has 1 unspecified atom stereocenters. The van der Waals surface area contributed by atoms with E-state index >= 15 is 0 Å². The van der Waals surface area contributed by atoms with E-state index in [1.54, 1.807) is 0 Å². The molecule has 0 spiro atoms. The predicted molar refractivity (Wildman–Crippen MR) is 197 cm³/mol. The normalized spacial score (nSPS) is 14.8. The van der Waals surface area contributed by atoms with Crippen molar-refractivity contribution >= 4 is 11.1 Å². The van der Waals surface area contributed by atoms with E-state index in [4.69, 9.17) is 0 Å². The minimum absolute atomic E-state index is 0.409. The maximum absolute atomic E-state index is 3.85. The standard InChI is InChI=1S/C45H38/c1-4-6-16-34(5-2)38-22-14-23-39(26-38)43-28-41(36-19-11-8-12-20-36)30-45(32-43)44-29-40(35-17-9-7-10-18-35)27-42(31-44)37-21-13-15-33(3)24-25-37/h4-33H,1H2,2-3H3/b16-6-,34-5+. The van der Waals surface area contributed by atoms with Gasteiger partial charge in [0.15, 0.2) is 0 Å². The van der Waals surface area contributed by atoms with Crippen LogP contribution >= 0.6 is 0 Å². The summed E-state index contributed by atoms with van der Waals surface area (Å²) in [5, 5.41) is 0. The lowest BCUT2D eigenvalue weighted by atomic mass is 9.89. The third-order valence-electron chi connectivity index (χ3n) is 8.27. The van der Waals surface area contributed by atoms with Crippen LogP contribution in [0.3, 0.4) is 0 Å². The summed E-state index contributed by atoms with van der Waals surface area (Å²) < 4.78 is 0. The quantitative estimate of drug-likeness (QED) is 0.161. The van der Waals surface area contributed by atoms with Crippen LogP contribution in [0.15, 0.2) is 183 Å². The monoisotopic (exact) mass is 578 g/mol. The van der Waals surface area contributed by atoms with Crippen LogP contribution < -0.4 is 0 Å². The molecule has 0 aromatic heterocycles. The Balaban J connectivity index is 1.55. The van der Waals surface area contributed by atoms with Gasteiger partial charge in [-0.3, -0.25) is 0 Å². The van der Waals surface area contributed by atoms with Gasteiger partial charge in [0.25, 0.3) is 0 Å². The number of hydrogen-bond donors (Lipinski definition) is 0. The SMILES string of the molecule is C=C/C=C\C(=C/C)c1cccc(-c2cc(-c3ccccc3)cc(-c3cc(C4=CC=CC(C)C=C4)cc(-c4ccccc4)c3)c2)c1. The molecule has 0 nitrogen and oxygen atoms in total. The lowest BCUT2D eigenvalue weighted by Crippen LogP contribution is -1.91. The average Bonchev–Trinajstić information content (AvgIpc) is 3.33. The van der Waals surface area contributed by atoms with Gasteiger partial charge >= 0.3 is 0 Å². The number of rotatable bonds is 8. The molecule has 1 aliphatic carbocycles. The molecule has 0 aliphatic heterocycles. The van der Waals surface area contributed by atoms with Crippen molar-refractivity contribution in [1.29, 1.82) is 0 Å². The molecule has 45 heavy (non-hydrogen) atoms. The van der Waals surface area contributed by atoms with Gasteiger partial charge in [-0.05, 0) is 122 Å². The van der Waals surface area contributed by atoms with Gasteiger partial charge < -0.3 is 0 Å². The minimum Gasteiger partial charge on any atom is -0.0991 e. The van der Waals surface area contributed by atoms with Crippen LogP contribution in [-0.2, 0) is 0 Å². The first-order valence-electron chi connectivity index (χ1n) is 15.7. The largest absolute Gasteiger partial charge is 0.0991 e. The zero-order valence-electron chi connectivity index (χ0n) is 26.0. The van der Waals surface area contributed by atoms with E-state index < -0.39 is 0 Å². The van der Waals surface area contributed by atoms with Crippen molar-refractivity contribution in [2.24, 2.45) is 5.92 Å². The molecule has 0 heterocycles. The van der Waals surface area contributed by atoms with E-state index in [2.05, 4.69) is 184 Å². The van der Waals surface area contributed by atoms with Crippen LogP contribution in [0.2, 0.25) is 0 Å². The second kappa shape index (κ2) is 13.9. The smallest absolute Gasteiger partial charge is 0.00754 e. The molecule has 1 atom stereocenters.